The Labute approximate surface area is 361 Å². The van der Waals surface area contributed by atoms with Gasteiger partial charge in [-0.15, -0.1) is 0 Å². The molecule has 1 aromatic rings. The van der Waals surface area contributed by atoms with Gasteiger partial charge in [0, 0.05) is 39.8 Å². The van der Waals surface area contributed by atoms with Gasteiger partial charge < -0.3 is 33.2 Å². The number of ether oxygens (including phenoxy) is 7. The van der Waals surface area contributed by atoms with E-state index in [1.807, 2.05) is 0 Å². The van der Waals surface area contributed by atoms with Gasteiger partial charge in [0.05, 0.1) is 0 Å². The van der Waals surface area contributed by atoms with Crippen molar-refractivity contribution in [2.24, 2.45) is 46.3 Å². The molecule has 5 aliphatic rings. The van der Waals surface area contributed by atoms with E-state index in [1.165, 1.54) is 57.4 Å². The molecule has 4 fully saturated rings. The minimum atomic E-state index is -1.38. The van der Waals surface area contributed by atoms with Gasteiger partial charge in [-0.2, -0.15) is 0 Å². The number of hydrogen-bond donors (Lipinski definition) is 1. The average molecular weight is 852 g/mol. The third-order valence-electron chi connectivity index (χ3n) is 14.8. The Hall–Kier alpha value is -4.13. The second-order valence-corrected chi connectivity index (χ2v) is 19.4. The quantitative estimate of drug-likeness (QED) is 0.108. The molecule has 10 unspecified atom stereocenters. The summed E-state index contributed by atoms with van der Waals surface area (Å²) in [5.74, 6) is 2.03. The largest absolute Gasteiger partial charge is 0.463 e. The van der Waals surface area contributed by atoms with E-state index >= 15 is 0 Å². The molecule has 61 heavy (non-hydrogen) atoms. The number of carbonyl (C=O) groups excluding carboxylic acids is 5. The molecule has 1 aliphatic heterocycles. The summed E-state index contributed by atoms with van der Waals surface area (Å²) in [6.45, 7) is 16.6. The highest BCUT2D eigenvalue weighted by Gasteiger charge is 2.59. The van der Waals surface area contributed by atoms with Crippen LogP contribution in [0.5, 0.6) is 5.75 Å². The zero-order valence-corrected chi connectivity index (χ0v) is 37.7. The fourth-order valence-electron chi connectivity index (χ4n) is 12.1. The molecule has 1 amide bonds. The summed E-state index contributed by atoms with van der Waals surface area (Å²) in [6.07, 6.45) is 8.33. The van der Waals surface area contributed by atoms with Gasteiger partial charge in [-0.1, -0.05) is 65.5 Å². The van der Waals surface area contributed by atoms with E-state index in [0.717, 1.165) is 76.0 Å². The molecule has 338 valence electrons. The third-order valence-corrected chi connectivity index (χ3v) is 14.8. The van der Waals surface area contributed by atoms with Crippen molar-refractivity contribution in [3.63, 3.8) is 0 Å². The highest BCUT2D eigenvalue weighted by atomic mass is 16.7. The van der Waals surface area contributed by atoms with Crippen molar-refractivity contribution in [1.82, 2.24) is 0 Å². The molecule has 13 atom stereocenters. The lowest BCUT2D eigenvalue weighted by Gasteiger charge is -2.58. The van der Waals surface area contributed by atoms with Crippen molar-refractivity contribution < 1.29 is 57.1 Å². The Morgan fingerprint density at radius 3 is 2.10 bits per heavy atom. The van der Waals surface area contributed by atoms with Crippen LogP contribution in [-0.4, -0.2) is 73.4 Å². The number of benzene rings is 1. The summed E-state index contributed by atoms with van der Waals surface area (Å²) in [5, 5.41) is 2.84. The van der Waals surface area contributed by atoms with Gasteiger partial charge >= 0.3 is 30.0 Å². The minimum absolute atomic E-state index is 0.147. The van der Waals surface area contributed by atoms with Crippen molar-refractivity contribution in [3.05, 3.63) is 35.9 Å². The molecule has 0 aromatic heterocycles. The van der Waals surface area contributed by atoms with E-state index in [1.54, 1.807) is 24.3 Å². The van der Waals surface area contributed by atoms with Crippen molar-refractivity contribution in [1.29, 1.82) is 0 Å². The molecule has 1 saturated heterocycles. The van der Waals surface area contributed by atoms with E-state index in [4.69, 9.17) is 33.2 Å². The lowest BCUT2D eigenvalue weighted by atomic mass is 9.47. The number of carbonyl (C=O) groups is 5. The standard InChI is InChI=1S/C48H69NO12/c1-27(2)11-10-12-28(3)38-19-20-39-37-18-13-33-25-36(21-23-47(33,8)40(37)22-24-48(38,39)9)60-46(54)49-34-14-16-35(17-15-34)59-45-44(58-32(7)53)43(57-31(6)52)42(56-30(5)51)41(61-45)26-55-29(4)50/h13-17,27-28,36-45H,10-12,18-26H2,1-9H3,(H,49,54)/t28?,36?,37?,38?,39?,40?,41?,42-,43?,44+,45-,47?,48?/m1/s1. The first kappa shape index (κ1) is 46.4. The smallest absolute Gasteiger partial charge is 0.411 e. The lowest BCUT2D eigenvalue weighted by molar-refractivity contribution is -0.288. The van der Waals surface area contributed by atoms with Gasteiger partial charge in [0.1, 0.15) is 24.6 Å². The average Bonchev–Trinajstić information content (AvgIpc) is 3.54. The van der Waals surface area contributed by atoms with Crippen LogP contribution in [0.1, 0.15) is 133 Å². The molecule has 3 saturated carbocycles. The van der Waals surface area contributed by atoms with Gasteiger partial charge in [0.15, 0.2) is 12.2 Å². The number of fused-ring (bicyclic) bond motifs is 5. The van der Waals surface area contributed by atoms with Crippen LogP contribution >= 0.6 is 0 Å². The maximum absolute atomic E-state index is 13.3. The summed E-state index contributed by atoms with van der Waals surface area (Å²) in [7, 11) is 0. The molecule has 13 nitrogen and oxygen atoms in total. The van der Waals surface area contributed by atoms with Crippen molar-refractivity contribution in [2.75, 3.05) is 11.9 Å². The number of allylic oxidation sites excluding steroid dienone is 1. The Bertz CT molecular complexity index is 1780. The Kier molecular flexibility index (Phi) is 14.8. The molecule has 13 heteroatoms. The van der Waals surface area contributed by atoms with E-state index < -0.39 is 60.7 Å². The fourth-order valence-corrected chi connectivity index (χ4v) is 12.1. The maximum atomic E-state index is 13.3. The topological polar surface area (TPSA) is 162 Å². The first-order valence-electron chi connectivity index (χ1n) is 22.6. The molecule has 0 radical (unpaired) electrons. The van der Waals surface area contributed by atoms with Gasteiger partial charge in [-0.3, -0.25) is 24.5 Å². The van der Waals surface area contributed by atoms with Crippen LogP contribution in [0.3, 0.4) is 0 Å². The highest BCUT2D eigenvalue weighted by molar-refractivity contribution is 5.84. The number of hydrogen-bond acceptors (Lipinski definition) is 12. The zero-order chi connectivity index (χ0) is 44.2. The Morgan fingerprint density at radius 2 is 1.44 bits per heavy atom. The molecular formula is C48H69NO12. The van der Waals surface area contributed by atoms with Crippen molar-refractivity contribution in [3.8, 4) is 5.75 Å². The van der Waals surface area contributed by atoms with Crippen LogP contribution in [0.25, 0.3) is 0 Å². The number of nitrogens with one attached hydrogen (secondary N) is 1. The predicted molar refractivity (Wildman–Crippen MR) is 226 cm³/mol. The first-order chi connectivity index (χ1) is 28.9. The normalized spacial score (nSPS) is 34.6. The van der Waals surface area contributed by atoms with Crippen LogP contribution in [0.15, 0.2) is 35.9 Å². The second-order valence-electron chi connectivity index (χ2n) is 19.4. The van der Waals surface area contributed by atoms with Gasteiger partial charge in [0.2, 0.25) is 12.4 Å². The number of rotatable bonds is 14. The second kappa shape index (κ2) is 19.5. The van der Waals surface area contributed by atoms with Gasteiger partial charge in [-0.05, 0) is 116 Å². The zero-order valence-electron chi connectivity index (χ0n) is 37.7. The van der Waals surface area contributed by atoms with Crippen LogP contribution < -0.4 is 10.1 Å². The lowest BCUT2D eigenvalue weighted by Crippen LogP contribution is -2.63. The van der Waals surface area contributed by atoms with Crippen molar-refractivity contribution in [2.45, 2.75) is 170 Å². The molecule has 0 spiro atoms. The molecule has 1 aromatic carbocycles. The summed E-state index contributed by atoms with van der Waals surface area (Å²) < 4.78 is 39.7. The maximum Gasteiger partial charge on any atom is 0.411 e. The SMILES string of the molecule is CC(=O)OCC1O[C@@H](Oc2ccc(NC(=O)OC3CCC4(C)C(=CCC5C4CCC4(C)C(C(C)CCCC(C)C)CCC54)C3)cc2)[C@@H](OC(C)=O)C(OC(C)=O)[C@@H]1OC(C)=O. The molecule has 0 bridgehead atoms. The molecular weight excluding hydrogens is 783 g/mol. The minimum Gasteiger partial charge on any atom is -0.463 e. The Morgan fingerprint density at radius 1 is 0.770 bits per heavy atom. The van der Waals surface area contributed by atoms with E-state index in [0.29, 0.717) is 17.0 Å². The predicted octanol–water partition coefficient (Wildman–Crippen LogP) is 9.11. The number of amides is 1. The monoisotopic (exact) mass is 851 g/mol. The number of esters is 4. The van der Waals surface area contributed by atoms with Crippen LogP contribution in [0.2, 0.25) is 0 Å². The van der Waals surface area contributed by atoms with Gasteiger partial charge in [-0.25, -0.2) is 4.79 Å². The fraction of sp³-hybridized carbons (Fsp3) is 0.729. The summed E-state index contributed by atoms with van der Waals surface area (Å²) >= 11 is 0. The van der Waals surface area contributed by atoms with E-state index in [-0.39, 0.29) is 23.9 Å². The number of anilines is 1. The van der Waals surface area contributed by atoms with E-state index in [2.05, 4.69) is 46.0 Å². The molecule has 1 heterocycles. The van der Waals surface area contributed by atoms with Crippen molar-refractivity contribution >= 4 is 35.7 Å². The molecule has 4 aliphatic carbocycles. The van der Waals surface area contributed by atoms with Gasteiger partial charge in [0.25, 0.3) is 0 Å². The molecule has 6 rings (SSSR count). The summed E-state index contributed by atoms with van der Waals surface area (Å²) in [4.78, 5) is 61.4. The summed E-state index contributed by atoms with van der Waals surface area (Å²) in [6, 6.07) is 6.41. The Balaban J connectivity index is 1.06. The third kappa shape index (κ3) is 10.7. The van der Waals surface area contributed by atoms with Crippen LogP contribution in [0.4, 0.5) is 10.5 Å². The highest BCUT2D eigenvalue weighted by Crippen LogP contribution is 2.67. The molecule has 1 N–H and O–H groups in total. The van der Waals surface area contributed by atoms with Crippen LogP contribution in [-0.2, 0) is 47.6 Å². The van der Waals surface area contributed by atoms with E-state index in [9.17, 15) is 24.0 Å². The van der Waals surface area contributed by atoms with Crippen LogP contribution in [0, 0.1) is 46.3 Å². The summed E-state index contributed by atoms with van der Waals surface area (Å²) in [5.41, 5.74) is 2.52. The first-order valence-corrected chi connectivity index (χ1v) is 22.6.